The van der Waals surface area contributed by atoms with Gasteiger partial charge in [0.2, 0.25) is 10.0 Å². The first kappa shape index (κ1) is 16.2. The summed E-state index contributed by atoms with van der Waals surface area (Å²) in [6.07, 6.45) is 2.69. The predicted octanol–water partition coefficient (Wildman–Crippen LogP) is 2.33. The van der Waals surface area contributed by atoms with Crippen molar-refractivity contribution in [2.24, 2.45) is 0 Å². The van der Waals surface area contributed by atoms with E-state index in [4.69, 9.17) is 10.8 Å². The zero-order valence-electron chi connectivity index (χ0n) is 10.7. The normalized spacial score (nSPS) is 16.4. The molecule has 0 aromatic heterocycles. The zero-order valence-corrected chi connectivity index (χ0v) is 14.7. The molecule has 0 atom stereocenters. The van der Waals surface area contributed by atoms with E-state index in [1.165, 1.54) is 4.31 Å². The van der Waals surface area contributed by atoms with E-state index in [1.54, 1.807) is 12.1 Å². The fourth-order valence-electron chi connectivity index (χ4n) is 2.22. The standard InChI is InChI=1S/C12H16Br2N2O3S/c13-10-6-8(15)7-11(14)12(10)20(18,19)16(4-5-17)9-2-1-3-9/h6-7,9,17H,1-5,15H2. The molecule has 0 saturated heterocycles. The molecule has 3 N–H and O–H groups in total. The number of sulfonamides is 1. The summed E-state index contributed by atoms with van der Waals surface area (Å²) in [6.45, 7) is -0.0871. The predicted molar refractivity (Wildman–Crippen MR) is 84.9 cm³/mol. The lowest BCUT2D eigenvalue weighted by Gasteiger charge is -2.36. The molecule has 1 aromatic rings. The van der Waals surface area contributed by atoms with Crippen LogP contribution in [0.1, 0.15) is 19.3 Å². The number of hydrogen-bond donors (Lipinski definition) is 2. The minimum absolute atomic E-state index is 0.0245. The molecule has 1 fully saturated rings. The zero-order chi connectivity index (χ0) is 14.9. The number of nitrogens with zero attached hydrogens (tertiary/aromatic N) is 1. The second-order valence-electron chi connectivity index (χ2n) is 4.74. The van der Waals surface area contributed by atoms with Crippen LogP contribution in [0, 0.1) is 0 Å². The van der Waals surface area contributed by atoms with Gasteiger partial charge < -0.3 is 10.8 Å². The summed E-state index contributed by atoms with van der Waals surface area (Å²) in [5.74, 6) is 0. The van der Waals surface area contributed by atoms with E-state index in [0.29, 0.717) is 14.6 Å². The van der Waals surface area contributed by atoms with Gasteiger partial charge in [-0.25, -0.2) is 8.42 Å². The van der Waals surface area contributed by atoms with Gasteiger partial charge >= 0.3 is 0 Å². The lowest BCUT2D eigenvalue weighted by atomic mass is 9.93. The van der Waals surface area contributed by atoms with E-state index in [2.05, 4.69) is 31.9 Å². The van der Waals surface area contributed by atoms with Crippen molar-refractivity contribution in [2.75, 3.05) is 18.9 Å². The molecule has 5 nitrogen and oxygen atoms in total. The number of anilines is 1. The van der Waals surface area contributed by atoms with Crippen molar-refractivity contribution >= 4 is 47.6 Å². The lowest BCUT2D eigenvalue weighted by molar-refractivity contribution is 0.178. The molecular formula is C12H16Br2N2O3S. The number of nitrogens with two attached hydrogens (primary N) is 1. The first-order chi connectivity index (χ1) is 9.37. The van der Waals surface area contributed by atoms with Crippen molar-refractivity contribution in [1.82, 2.24) is 4.31 Å². The van der Waals surface area contributed by atoms with Gasteiger partial charge in [-0.1, -0.05) is 6.42 Å². The van der Waals surface area contributed by atoms with Crippen LogP contribution in [0.15, 0.2) is 26.0 Å². The summed E-state index contributed by atoms with van der Waals surface area (Å²) in [5.41, 5.74) is 6.17. The van der Waals surface area contributed by atoms with Gasteiger partial charge in [-0.15, -0.1) is 0 Å². The van der Waals surface area contributed by atoms with Gasteiger partial charge in [-0.05, 0) is 56.8 Å². The van der Waals surface area contributed by atoms with Gasteiger partial charge in [0.05, 0.1) is 6.61 Å². The van der Waals surface area contributed by atoms with Gasteiger partial charge in [-0.3, -0.25) is 0 Å². The second-order valence-corrected chi connectivity index (χ2v) is 8.27. The Bertz CT molecular complexity index is 580. The van der Waals surface area contributed by atoms with Gasteiger partial charge in [0.15, 0.2) is 0 Å². The smallest absolute Gasteiger partial charge is 0.245 e. The maximum atomic E-state index is 12.8. The molecule has 0 spiro atoms. The topological polar surface area (TPSA) is 83.6 Å². The van der Waals surface area contributed by atoms with Crippen LogP contribution in [0.5, 0.6) is 0 Å². The number of halogens is 2. The molecular weight excluding hydrogens is 412 g/mol. The van der Waals surface area contributed by atoms with E-state index in [-0.39, 0.29) is 24.1 Å². The van der Waals surface area contributed by atoms with Crippen molar-refractivity contribution in [3.05, 3.63) is 21.1 Å². The fraction of sp³-hybridized carbons (Fsp3) is 0.500. The molecule has 112 valence electrons. The Kier molecular flexibility index (Phi) is 5.12. The van der Waals surface area contributed by atoms with E-state index in [0.717, 1.165) is 19.3 Å². The first-order valence-corrected chi connectivity index (χ1v) is 9.27. The Labute approximate surface area is 135 Å². The highest BCUT2D eigenvalue weighted by atomic mass is 79.9. The van der Waals surface area contributed by atoms with E-state index < -0.39 is 10.0 Å². The van der Waals surface area contributed by atoms with Gasteiger partial charge in [-0.2, -0.15) is 4.31 Å². The monoisotopic (exact) mass is 426 g/mol. The minimum Gasteiger partial charge on any atom is -0.399 e. The summed E-state index contributed by atoms with van der Waals surface area (Å²) in [6, 6.07) is 3.11. The molecule has 0 bridgehead atoms. The van der Waals surface area contributed by atoms with E-state index >= 15 is 0 Å². The molecule has 0 radical (unpaired) electrons. The van der Waals surface area contributed by atoms with Crippen LogP contribution in [0.3, 0.4) is 0 Å². The SMILES string of the molecule is Nc1cc(Br)c(S(=O)(=O)N(CCO)C2CCC2)c(Br)c1. The molecule has 2 rings (SSSR count). The molecule has 0 aliphatic heterocycles. The van der Waals surface area contributed by atoms with Crippen molar-refractivity contribution in [1.29, 1.82) is 0 Å². The first-order valence-electron chi connectivity index (χ1n) is 6.25. The Morgan fingerprint density at radius 2 is 1.85 bits per heavy atom. The number of hydrogen-bond acceptors (Lipinski definition) is 4. The molecule has 1 aromatic carbocycles. The summed E-state index contributed by atoms with van der Waals surface area (Å²) >= 11 is 6.53. The summed E-state index contributed by atoms with van der Waals surface area (Å²) < 4.78 is 27.9. The minimum atomic E-state index is -3.68. The number of nitrogen functional groups attached to an aromatic ring is 1. The third-order valence-corrected chi connectivity index (χ3v) is 7.22. The van der Waals surface area contributed by atoms with Crippen molar-refractivity contribution < 1.29 is 13.5 Å². The second kappa shape index (κ2) is 6.31. The fourth-order valence-corrected chi connectivity index (χ4v) is 6.44. The average Bonchev–Trinajstić information content (AvgIpc) is 2.23. The molecule has 20 heavy (non-hydrogen) atoms. The summed E-state index contributed by atoms with van der Waals surface area (Å²) in [5, 5.41) is 9.15. The lowest BCUT2D eigenvalue weighted by Crippen LogP contribution is -2.45. The Balaban J connectivity index is 2.47. The van der Waals surface area contributed by atoms with Crippen LogP contribution in [-0.4, -0.2) is 37.0 Å². The molecule has 0 heterocycles. The van der Waals surface area contributed by atoms with Crippen LogP contribution in [0.4, 0.5) is 5.69 Å². The van der Waals surface area contributed by atoms with E-state index in [1.807, 2.05) is 0 Å². The average molecular weight is 428 g/mol. The van der Waals surface area contributed by atoms with Crippen LogP contribution in [0.2, 0.25) is 0 Å². The van der Waals surface area contributed by atoms with Gasteiger partial charge in [0, 0.05) is 27.2 Å². The summed E-state index contributed by atoms with van der Waals surface area (Å²) in [4.78, 5) is 0.159. The van der Waals surface area contributed by atoms with Crippen LogP contribution < -0.4 is 5.73 Å². The third kappa shape index (κ3) is 3.04. The maximum absolute atomic E-state index is 12.8. The molecule has 0 amide bonds. The van der Waals surface area contributed by atoms with Crippen LogP contribution in [-0.2, 0) is 10.0 Å². The molecule has 8 heteroatoms. The Morgan fingerprint density at radius 3 is 2.25 bits per heavy atom. The van der Waals surface area contributed by atoms with Crippen molar-refractivity contribution in [2.45, 2.75) is 30.2 Å². The number of aliphatic hydroxyl groups is 1. The largest absolute Gasteiger partial charge is 0.399 e. The molecule has 0 unspecified atom stereocenters. The van der Waals surface area contributed by atoms with Crippen LogP contribution >= 0.6 is 31.9 Å². The highest BCUT2D eigenvalue weighted by Crippen LogP contribution is 2.37. The van der Waals surface area contributed by atoms with E-state index in [9.17, 15) is 8.42 Å². The number of aliphatic hydroxyl groups excluding tert-OH is 1. The quantitative estimate of drug-likeness (QED) is 0.706. The number of benzene rings is 1. The number of rotatable bonds is 5. The molecule has 1 aliphatic rings. The van der Waals surface area contributed by atoms with Crippen molar-refractivity contribution in [3.63, 3.8) is 0 Å². The van der Waals surface area contributed by atoms with Crippen LogP contribution in [0.25, 0.3) is 0 Å². The Morgan fingerprint density at radius 1 is 1.30 bits per heavy atom. The molecule has 1 saturated carbocycles. The highest BCUT2D eigenvalue weighted by Gasteiger charge is 2.36. The Hall–Kier alpha value is -0.150. The molecule has 1 aliphatic carbocycles. The third-order valence-electron chi connectivity index (χ3n) is 3.39. The van der Waals surface area contributed by atoms with Gasteiger partial charge in [0.25, 0.3) is 0 Å². The maximum Gasteiger partial charge on any atom is 0.245 e. The highest BCUT2D eigenvalue weighted by molar-refractivity contribution is 9.11. The van der Waals surface area contributed by atoms with Crippen molar-refractivity contribution in [3.8, 4) is 0 Å². The van der Waals surface area contributed by atoms with Gasteiger partial charge in [0.1, 0.15) is 4.90 Å². The summed E-state index contributed by atoms with van der Waals surface area (Å²) in [7, 11) is -3.68.